The molecule has 0 aromatic heterocycles. The summed E-state index contributed by atoms with van der Waals surface area (Å²) in [7, 11) is 0. The summed E-state index contributed by atoms with van der Waals surface area (Å²) in [6.07, 6.45) is 4.48. The van der Waals surface area contributed by atoms with Gasteiger partial charge in [-0.25, -0.2) is 0 Å². The lowest BCUT2D eigenvalue weighted by molar-refractivity contribution is -0.124. The number of rotatable bonds is 5. The van der Waals surface area contributed by atoms with Crippen LogP contribution in [-0.4, -0.2) is 31.2 Å². The molecule has 100 valence electrons. The number of hydrogen-bond acceptors (Lipinski definition) is 3. The van der Waals surface area contributed by atoms with E-state index in [9.17, 15) is 4.79 Å². The van der Waals surface area contributed by atoms with Crippen LogP contribution in [0.2, 0.25) is 0 Å². The predicted molar refractivity (Wildman–Crippen MR) is 69.1 cm³/mol. The van der Waals surface area contributed by atoms with Crippen LogP contribution in [0.1, 0.15) is 32.6 Å². The first-order valence-electron chi connectivity index (χ1n) is 6.38. The van der Waals surface area contributed by atoms with Gasteiger partial charge in [0.2, 0.25) is 5.91 Å². The van der Waals surface area contributed by atoms with Crippen molar-refractivity contribution in [3.63, 3.8) is 0 Å². The van der Waals surface area contributed by atoms with Gasteiger partial charge in [0.1, 0.15) is 0 Å². The highest BCUT2D eigenvalue weighted by atomic mass is 35.5. The molecule has 2 fully saturated rings. The molecule has 4 atom stereocenters. The van der Waals surface area contributed by atoms with Crippen LogP contribution in [-0.2, 0) is 9.53 Å². The van der Waals surface area contributed by atoms with E-state index < -0.39 is 0 Å². The third-order valence-corrected chi connectivity index (χ3v) is 3.74. The predicted octanol–water partition coefficient (Wildman–Crippen LogP) is 1.08. The number of ether oxygens (including phenoxy) is 1. The van der Waals surface area contributed by atoms with Crippen molar-refractivity contribution in [1.29, 1.82) is 0 Å². The van der Waals surface area contributed by atoms with Gasteiger partial charge in [-0.15, -0.1) is 12.4 Å². The largest absolute Gasteiger partial charge is 0.378 e. The van der Waals surface area contributed by atoms with Gasteiger partial charge in [0.25, 0.3) is 0 Å². The Balaban J connectivity index is 0.00000144. The molecule has 3 N–H and O–H groups in total. The third kappa shape index (κ3) is 3.57. The Labute approximate surface area is 109 Å². The molecule has 4 unspecified atom stereocenters. The van der Waals surface area contributed by atoms with E-state index in [4.69, 9.17) is 10.5 Å². The van der Waals surface area contributed by atoms with E-state index in [1.165, 1.54) is 6.42 Å². The molecule has 2 aliphatic rings. The van der Waals surface area contributed by atoms with Crippen molar-refractivity contribution in [2.75, 3.05) is 13.2 Å². The van der Waals surface area contributed by atoms with Gasteiger partial charge in [-0.3, -0.25) is 4.79 Å². The smallest absolute Gasteiger partial charge is 0.226 e. The van der Waals surface area contributed by atoms with Crippen molar-refractivity contribution < 1.29 is 9.53 Å². The molecular formula is C12H23ClN2O2. The molecular weight excluding hydrogens is 240 g/mol. The van der Waals surface area contributed by atoms with E-state index >= 15 is 0 Å². The fraction of sp³-hybridized carbons (Fsp3) is 0.917. The number of carbonyl (C=O) groups is 1. The number of hydrogen-bond donors (Lipinski definition) is 2. The van der Waals surface area contributed by atoms with E-state index in [0.29, 0.717) is 25.1 Å². The number of amides is 1. The van der Waals surface area contributed by atoms with Crippen molar-refractivity contribution in [2.24, 2.45) is 17.6 Å². The van der Waals surface area contributed by atoms with Crippen LogP contribution in [0.4, 0.5) is 0 Å². The standard InChI is InChI=1S/C12H22N2O2.ClH/c1-2-16-11-6-9(11)12(15)14-10-5-3-4-8(10)7-13;/h8-11H,2-7,13H2,1H3,(H,14,15);1H. The van der Waals surface area contributed by atoms with Crippen LogP contribution in [0.25, 0.3) is 0 Å². The summed E-state index contributed by atoms with van der Waals surface area (Å²) in [5.74, 6) is 0.746. The average Bonchev–Trinajstić information content (AvgIpc) is 2.90. The van der Waals surface area contributed by atoms with Crippen LogP contribution in [0.15, 0.2) is 0 Å². The summed E-state index contributed by atoms with van der Waals surface area (Å²) < 4.78 is 5.42. The van der Waals surface area contributed by atoms with Crippen molar-refractivity contribution in [3.05, 3.63) is 0 Å². The lowest BCUT2D eigenvalue weighted by Gasteiger charge is -2.19. The van der Waals surface area contributed by atoms with E-state index in [1.54, 1.807) is 0 Å². The zero-order valence-electron chi connectivity index (χ0n) is 10.4. The summed E-state index contributed by atoms with van der Waals surface area (Å²) in [5, 5.41) is 3.13. The molecule has 1 amide bonds. The topological polar surface area (TPSA) is 64.3 Å². The number of halogens is 1. The van der Waals surface area contributed by atoms with Gasteiger partial charge in [0.15, 0.2) is 0 Å². The molecule has 0 aromatic carbocycles. The normalized spacial score (nSPS) is 35.2. The van der Waals surface area contributed by atoms with Crippen LogP contribution >= 0.6 is 12.4 Å². The lowest BCUT2D eigenvalue weighted by Crippen LogP contribution is -2.41. The molecule has 2 saturated carbocycles. The van der Waals surface area contributed by atoms with Gasteiger partial charge < -0.3 is 15.8 Å². The summed E-state index contributed by atoms with van der Waals surface area (Å²) in [6, 6.07) is 0.306. The maximum Gasteiger partial charge on any atom is 0.226 e. The first-order valence-corrected chi connectivity index (χ1v) is 6.38. The van der Waals surface area contributed by atoms with Crippen LogP contribution in [0.3, 0.4) is 0 Å². The summed E-state index contributed by atoms with van der Waals surface area (Å²) in [5.41, 5.74) is 5.69. The van der Waals surface area contributed by atoms with Crippen molar-refractivity contribution >= 4 is 18.3 Å². The molecule has 0 radical (unpaired) electrons. The zero-order chi connectivity index (χ0) is 11.5. The highest BCUT2D eigenvalue weighted by molar-refractivity contribution is 5.85. The van der Waals surface area contributed by atoms with Crippen LogP contribution in [0.5, 0.6) is 0 Å². The Kier molecular flexibility index (Phi) is 5.70. The molecule has 0 aromatic rings. The fourth-order valence-electron chi connectivity index (χ4n) is 2.64. The molecule has 17 heavy (non-hydrogen) atoms. The van der Waals surface area contributed by atoms with E-state index in [0.717, 1.165) is 19.3 Å². The summed E-state index contributed by atoms with van der Waals surface area (Å²) in [6.45, 7) is 3.35. The van der Waals surface area contributed by atoms with Crippen LogP contribution < -0.4 is 11.1 Å². The Morgan fingerprint density at radius 1 is 1.47 bits per heavy atom. The van der Waals surface area contributed by atoms with Crippen LogP contribution in [0, 0.1) is 11.8 Å². The first-order chi connectivity index (χ1) is 7.76. The van der Waals surface area contributed by atoms with Crippen molar-refractivity contribution in [2.45, 2.75) is 44.8 Å². The SMILES string of the molecule is CCOC1CC1C(=O)NC1CCCC1CN.Cl. The Hall–Kier alpha value is -0.320. The molecule has 0 spiro atoms. The maximum absolute atomic E-state index is 11.9. The molecule has 0 aliphatic heterocycles. The average molecular weight is 263 g/mol. The van der Waals surface area contributed by atoms with Gasteiger partial charge in [0, 0.05) is 12.6 Å². The maximum atomic E-state index is 11.9. The van der Waals surface area contributed by atoms with E-state index in [2.05, 4.69) is 5.32 Å². The second kappa shape index (κ2) is 6.57. The number of nitrogens with one attached hydrogen (secondary N) is 1. The molecule has 5 heteroatoms. The molecule has 4 nitrogen and oxygen atoms in total. The van der Waals surface area contributed by atoms with E-state index in [-0.39, 0.29) is 30.3 Å². The third-order valence-electron chi connectivity index (χ3n) is 3.74. The monoisotopic (exact) mass is 262 g/mol. The van der Waals surface area contributed by atoms with Gasteiger partial charge in [-0.05, 0) is 38.6 Å². The second-order valence-corrected chi connectivity index (χ2v) is 4.88. The van der Waals surface area contributed by atoms with Gasteiger partial charge >= 0.3 is 0 Å². The van der Waals surface area contributed by atoms with Crippen molar-refractivity contribution in [3.8, 4) is 0 Å². The molecule has 0 heterocycles. The Morgan fingerprint density at radius 3 is 2.88 bits per heavy atom. The zero-order valence-corrected chi connectivity index (χ0v) is 11.2. The number of carbonyl (C=O) groups excluding carboxylic acids is 1. The Morgan fingerprint density at radius 2 is 2.24 bits per heavy atom. The minimum Gasteiger partial charge on any atom is -0.378 e. The van der Waals surface area contributed by atoms with Gasteiger partial charge in [-0.2, -0.15) is 0 Å². The minimum atomic E-state index is 0. The summed E-state index contributed by atoms with van der Waals surface area (Å²) in [4.78, 5) is 11.9. The van der Waals surface area contributed by atoms with Gasteiger partial charge in [0.05, 0.1) is 12.0 Å². The molecule has 2 aliphatic carbocycles. The Bertz CT molecular complexity index is 263. The fourth-order valence-corrected chi connectivity index (χ4v) is 2.64. The first kappa shape index (κ1) is 14.7. The van der Waals surface area contributed by atoms with Crippen molar-refractivity contribution in [1.82, 2.24) is 5.32 Å². The highest BCUT2D eigenvalue weighted by Crippen LogP contribution is 2.34. The number of nitrogens with two attached hydrogens (primary N) is 1. The molecule has 2 rings (SSSR count). The van der Waals surface area contributed by atoms with E-state index in [1.807, 2.05) is 6.92 Å². The minimum absolute atomic E-state index is 0. The quantitative estimate of drug-likeness (QED) is 0.779. The summed E-state index contributed by atoms with van der Waals surface area (Å²) >= 11 is 0. The lowest BCUT2D eigenvalue weighted by atomic mass is 10.0. The second-order valence-electron chi connectivity index (χ2n) is 4.88. The highest BCUT2D eigenvalue weighted by Gasteiger charge is 2.45. The van der Waals surface area contributed by atoms with Gasteiger partial charge in [-0.1, -0.05) is 6.42 Å². The molecule has 0 bridgehead atoms. The molecule has 0 saturated heterocycles.